The summed E-state index contributed by atoms with van der Waals surface area (Å²) in [4.78, 5) is 15.6. The van der Waals surface area contributed by atoms with Crippen molar-refractivity contribution >= 4 is 21.6 Å². The number of hydrogen-bond donors (Lipinski definition) is 2. The van der Waals surface area contributed by atoms with Crippen molar-refractivity contribution in [3.05, 3.63) is 54.1 Å². The lowest BCUT2D eigenvalue weighted by Gasteiger charge is -2.29. The Balaban J connectivity index is 1.58. The Morgan fingerprint density at radius 2 is 1.75 bits per heavy atom. The number of benzene rings is 2. The molecule has 0 aromatic heterocycles. The van der Waals surface area contributed by atoms with Gasteiger partial charge in [-0.1, -0.05) is 18.2 Å². The minimum absolute atomic E-state index is 0.0490. The molecule has 3 rings (SSSR count). The standard InChI is InChI=1S/C20H25N3O4S/c1-16-5-3-4-6-19(16)21-28(25,26)18-9-7-17(8-10-18)27-15-20(24)23-13-11-22(2)12-14-23/h3-10,21H,11-15H2,1-2H3/p+1. The second-order valence-electron chi connectivity index (χ2n) is 7.02. The van der Waals surface area contributed by atoms with E-state index in [1.165, 1.54) is 17.0 Å². The number of rotatable bonds is 6. The molecule has 1 amide bonds. The average molecular weight is 405 g/mol. The van der Waals surface area contributed by atoms with E-state index in [4.69, 9.17) is 4.74 Å². The zero-order chi connectivity index (χ0) is 20.1. The van der Waals surface area contributed by atoms with Crippen LogP contribution in [0.15, 0.2) is 53.4 Å². The number of ether oxygens (including phenoxy) is 1. The van der Waals surface area contributed by atoms with Gasteiger partial charge >= 0.3 is 0 Å². The average Bonchev–Trinajstić information content (AvgIpc) is 2.69. The van der Waals surface area contributed by atoms with Crippen molar-refractivity contribution in [1.82, 2.24) is 4.90 Å². The van der Waals surface area contributed by atoms with Gasteiger partial charge in [-0.05, 0) is 42.8 Å². The van der Waals surface area contributed by atoms with E-state index in [1.807, 2.05) is 19.1 Å². The van der Waals surface area contributed by atoms with Crippen LogP contribution in [0, 0.1) is 6.92 Å². The molecule has 0 radical (unpaired) electrons. The van der Waals surface area contributed by atoms with Crippen LogP contribution in [0.25, 0.3) is 0 Å². The molecule has 1 fully saturated rings. The van der Waals surface area contributed by atoms with E-state index < -0.39 is 10.0 Å². The number of aryl methyl sites for hydroxylation is 1. The van der Waals surface area contributed by atoms with E-state index in [1.54, 1.807) is 29.2 Å². The van der Waals surface area contributed by atoms with Crippen LogP contribution in [-0.4, -0.2) is 59.1 Å². The topological polar surface area (TPSA) is 80.1 Å². The quantitative estimate of drug-likeness (QED) is 0.736. The molecule has 0 aliphatic carbocycles. The maximum atomic E-state index is 12.5. The lowest BCUT2D eigenvalue weighted by molar-refractivity contribution is -0.883. The lowest BCUT2D eigenvalue weighted by Crippen LogP contribution is -3.12. The fraction of sp³-hybridized carbons (Fsp3) is 0.350. The Morgan fingerprint density at radius 1 is 1.11 bits per heavy atom. The first-order valence-electron chi connectivity index (χ1n) is 9.25. The van der Waals surface area contributed by atoms with Crippen LogP contribution in [-0.2, 0) is 14.8 Å². The number of carbonyl (C=O) groups is 1. The maximum absolute atomic E-state index is 12.5. The predicted molar refractivity (Wildman–Crippen MR) is 107 cm³/mol. The molecular weight excluding hydrogens is 378 g/mol. The van der Waals surface area contributed by atoms with Crippen molar-refractivity contribution in [3.63, 3.8) is 0 Å². The van der Waals surface area contributed by atoms with Crippen molar-refractivity contribution in [1.29, 1.82) is 0 Å². The highest BCUT2D eigenvalue weighted by molar-refractivity contribution is 7.92. The molecule has 150 valence electrons. The summed E-state index contributed by atoms with van der Waals surface area (Å²) in [5.74, 6) is 0.411. The molecule has 0 bridgehead atoms. The fourth-order valence-corrected chi connectivity index (χ4v) is 4.11. The van der Waals surface area contributed by atoms with E-state index >= 15 is 0 Å². The monoisotopic (exact) mass is 404 g/mol. The van der Waals surface area contributed by atoms with E-state index in [2.05, 4.69) is 11.8 Å². The minimum atomic E-state index is -3.69. The largest absolute Gasteiger partial charge is 0.484 e. The van der Waals surface area contributed by atoms with Crippen molar-refractivity contribution in [3.8, 4) is 5.75 Å². The number of hydrogen-bond acceptors (Lipinski definition) is 4. The molecule has 1 saturated heterocycles. The molecule has 8 heteroatoms. The van der Waals surface area contributed by atoms with Gasteiger partial charge in [0.1, 0.15) is 5.75 Å². The van der Waals surface area contributed by atoms with Crippen molar-refractivity contribution in [2.75, 3.05) is 44.6 Å². The van der Waals surface area contributed by atoms with Crippen molar-refractivity contribution in [2.45, 2.75) is 11.8 Å². The molecule has 0 spiro atoms. The first-order chi connectivity index (χ1) is 13.3. The van der Waals surface area contributed by atoms with Crippen LogP contribution in [0.1, 0.15) is 5.56 Å². The number of sulfonamides is 1. The van der Waals surface area contributed by atoms with Crippen LogP contribution < -0.4 is 14.4 Å². The lowest BCUT2D eigenvalue weighted by atomic mass is 10.2. The first kappa shape index (κ1) is 20.2. The number of quaternary nitrogens is 1. The predicted octanol–water partition coefficient (Wildman–Crippen LogP) is 0.532. The van der Waals surface area contributed by atoms with Gasteiger partial charge in [0.15, 0.2) is 6.61 Å². The highest BCUT2D eigenvalue weighted by Gasteiger charge is 2.21. The second kappa shape index (κ2) is 8.62. The van der Waals surface area contributed by atoms with Crippen LogP contribution in [0.3, 0.4) is 0 Å². The molecule has 28 heavy (non-hydrogen) atoms. The van der Waals surface area contributed by atoms with Gasteiger partial charge in [-0.15, -0.1) is 0 Å². The molecule has 0 atom stereocenters. The zero-order valence-corrected chi connectivity index (χ0v) is 17.0. The van der Waals surface area contributed by atoms with Gasteiger partial charge in [0.05, 0.1) is 43.8 Å². The third-order valence-electron chi connectivity index (χ3n) is 4.86. The molecule has 0 unspecified atom stereocenters. The number of carbonyl (C=O) groups excluding carboxylic acids is 1. The highest BCUT2D eigenvalue weighted by Crippen LogP contribution is 2.21. The van der Waals surface area contributed by atoms with E-state index in [0.29, 0.717) is 11.4 Å². The van der Waals surface area contributed by atoms with E-state index in [9.17, 15) is 13.2 Å². The normalized spacial score (nSPS) is 15.3. The zero-order valence-electron chi connectivity index (χ0n) is 16.1. The Bertz CT molecular complexity index is 921. The van der Waals surface area contributed by atoms with E-state index in [0.717, 1.165) is 31.7 Å². The number of nitrogens with zero attached hydrogens (tertiary/aromatic N) is 1. The molecule has 2 aromatic carbocycles. The molecule has 1 aliphatic heterocycles. The number of nitrogens with one attached hydrogen (secondary N) is 2. The second-order valence-corrected chi connectivity index (χ2v) is 8.70. The number of anilines is 1. The SMILES string of the molecule is Cc1ccccc1NS(=O)(=O)c1ccc(OCC(=O)N2CC[NH+](C)CC2)cc1. The summed E-state index contributed by atoms with van der Waals surface area (Å²) in [6.07, 6.45) is 0. The first-order valence-corrected chi connectivity index (χ1v) is 10.7. The van der Waals surface area contributed by atoms with Gasteiger partial charge in [-0.25, -0.2) is 8.42 Å². The van der Waals surface area contributed by atoms with Crippen LogP contribution >= 0.6 is 0 Å². The summed E-state index contributed by atoms with van der Waals surface area (Å²) in [7, 11) is -1.58. The number of para-hydroxylation sites is 1. The number of piperazine rings is 1. The van der Waals surface area contributed by atoms with Gasteiger partial charge in [0.2, 0.25) is 0 Å². The van der Waals surface area contributed by atoms with Gasteiger partial charge in [-0.2, -0.15) is 0 Å². The van der Waals surface area contributed by atoms with Crippen LogP contribution in [0.4, 0.5) is 5.69 Å². The summed E-state index contributed by atoms with van der Waals surface area (Å²) >= 11 is 0. The Kier molecular flexibility index (Phi) is 6.21. The summed E-state index contributed by atoms with van der Waals surface area (Å²) in [6.45, 7) is 5.13. The van der Waals surface area contributed by atoms with Gasteiger partial charge in [0.25, 0.3) is 15.9 Å². The van der Waals surface area contributed by atoms with Crippen LogP contribution in [0.2, 0.25) is 0 Å². The number of likely N-dealkylation sites (N-methyl/N-ethyl adjacent to an activating group) is 1. The van der Waals surface area contributed by atoms with Gasteiger partial charge in [0, 0.05) is 0 Å². The Hall–Kier alpha value is -2.58. The smallest absolute Gasteiger partial charge is 0.261 e. The molecular formula is C20H26N3O4S+. The fourth-order valence-electron chi connectivity index (χ4n) is 2.98. The maximum Gasteiger partial charge on any atom is 0.261 e. The number of amides is 1. The summed E-state index contributed by atoms with van der Waals surface area (Å²) in [5, 5.41) is 0. The Morgan fingerprint density at radius 3 is 2.39 bits per heavy atom. The van der Waals surface area contributed by atoms with E-state index in [-0.39, 0.29) is 17.4 Å². The van der Waals surface area contributed by atoms with Gasteiger partial charge in [-0.3, -0.25) is 9.52 Å². The van der Waals surface area contributed by atoms with Crippen molar-refractivity contribution in [2.24, 2.45) is 0 Å². The third-order valence-corrected chi connectivity index (χ3v) is 6.24. The summed E-state index contributed by atoms with van der Waals surface area (Å²) < 4.78 is 33.2. The van der Waals surface area contributed by atoms with Crippen LogP contribution in [0.5, 0.6) is 5.75 Å². The molecule has 2 N–H and O–H groups in total. The molecule has 0 saturated carbocycles. The van der Waals surface area contributed by atoms with Crippen molar-refractivity contribution < 1.29 is 22.8 Å². The highest BCUT2D eigenvalue weighted by atomic mass is 32.2. The molecule has 7 nitrogen and oxygen atoms in total. The molecule has 2 aromatic rings. The molecule has 1 heterocycles. The van der Waals surface area contributed by atoms with Gasteiger partial charge < -0.3 is 14.5 Å². The Labute approximate surface area is 166 Å². The summed E-state index contributed by atoms with van der Waals surface area (Å²) in [5.41, 5.74) is 1.39. The minimum Gasteiger partial charge on any atom is -0.484 e. The molecule has 1 aliphatic rings. The third kappa shape index (κ3) is 5.02. The summed E-state index contributed by atoms with van der Waals surface area (Å²) in [6, 6.07) is 13.3.